The third-order valence-electron chi connectivity index (χ3n) is 2.45. The fourth-order valence-electron chi connectivity index (χ4n) is 1.65. The van der Waals surface area contributed by atoms with Gasteiger partial charge >= 0.3 is 0 Å². The van der Waals surface area contributed by atoms with Gasteiger partial charge in [-0.25, -0.2) is 0 Å². The molecule has 0 aromatic heterocycles. The summed E-state index contributed by atoms with van der Waals surface area (Å²) in [6.45, 7) is 8.21. The van der Waals surface area contributed by atoms with Crippen molar-refractivity contribution in [1.29, 1.82) is 0 Å². The fourth-order valence-corrected chi connectivity index (χ4v) is 1.65. The van der Waals surface area contributed by atoms with Crippen LogP contribution < -0.4 is 10.1 Å². The van der Waals surface area contributed by atoms with Crippen molar-refractivity contribution in [2.75, 3.05) is 13.1 Å². The highest BCUT2D eigenvalue weighted by Gasteiger charge is 2.05. The molecule has 0 spiro atoms. The molecule has 1 aromatic rings. The predicted octanol–water partition coefficient (Wildman–Crippen LogP) is 3.49. The Morgan fingerprint density at radius 2 is 2.12 bits per heavy atom. The molecule has 0 amide bonds. The summed E-state index contributed by atoms with van der Waals surface area (Å²) in [5.41, 5.74) is 1.14. The minimum absolute atomic E-state index is 0.188. The van der Waals surface area contributed by atoms with E-state index >= 15 is 0 Å². The summed E-state index contributed by atoms with van der Waals surface area (Å²) in [6, 6.07) is 8.13. The minimum atomic E-state index is 0.188. The number of benzene rings is 1. The molecule has 2 heteroatoms. The van der Waals surface area contributed by atoms with Crippen LogP contribution in [0.1, 0.15) is 32.8 Å². The fraction of sp³-hybridized carbons (Fsp3) is 0.467. The summed E-state index contributed by atoms with van der Waals surface area (Å²) in [4.78, 5) is 0. The van der Waals surface area contributed by atoms with Crippen molar-refractivity contribution in [3.8, 4) is 5.75 Å². The van der Waals surface area contributed by atoms with Gasteiger partial charge in [-0.2, -0.15) is 0 Å². The van der Waals surface area contributed by atoms with Gasteiger partial charge in [-0.1, -0.05) is 37.3 Å². The quantitative estimate of drug-likeness (QED) is 0.728. The molecule has 0 saturated heterocycles. The number of nitrogens with one attached hydrogen (secondary N) is 1. The van der Waals surface area contributed by atoms with Crippen LogP contribution in [0.3, 0.4) is 0 Å². The van der Waals surface area contributed by atoms with E-state index in [2.05, 4.69) is 31.3 Å². The van der Waals surface area contributed by atoms with Gasteiger partial charge in [-0.15, -0.1) is 0 Å². The van der Waals surface area contributed by atoms with Crippen LogP contribution in [0, 0.1) is 0 Å². The zero-order valence-electron chi connectivity index (χ0n) is 11.1. The van der Waals surface area contributed by atoms with Crippen LogP contribution in [0.4, 0.5) is 0 Å². The molecule has 0 aliphatic rings. The molecule has 1 atom stereocenters. The first-order valence-corrected chi connectivity index (χ1v) is 6.37. The molecule has 1 N–H and O–H groups in total. The molecule has 1 aromatic carbocycles. The minimum Gasteiger partial charge on any atom is -0.489 e. The van der Waals surface area contributed by atoms with Gasteiger partial charge < -0.3 is 10.1 Å². The molecule has 0 aliphatic carbocycles. The molecule has 1 unspecified atom stereocenters. The van der Waals surface area contributed by atoms with Crippen LogP contribution in [-0.2, 0) is 0 Å². The van der Waals surface area contributed by atoms with Crippen LogP contribution in [0.15, 0.2) is 30.3 Å². The van der Waals surface area contributed by atoms with E-state index in [1.807, 2.05) is 31.2 Å². The first-order chi connectivity index (χ1) is 8.27. The second-order valence-electron chi connectivity index (χ2n) is 4.17. The third kappa shape index (κ3) is 5.05. The third-order valence-corrected chi connectivity index (χ3v) is 2.45. The van der Waals surface area contributed by atoms with Gasteiger partial charge in [0.05, 0.1) is 0 Å². The number of allylic oxidation sites excluding steroid dienone is 1. The maximum absolute atomic E-state index is 5.93. The van der Waals surface area contributed by atoms with Crippen molar-refractivity contribution in [2.45, 2.75) is 33.3 Å². The maximum atomic E-state index is 5.93. The van der Waals surface area contributed by atoms with Crippen molar-refractivity contribution in [3.63, 3.8) is 0 Å². The summed E-state index contributed by atoms with van der Waals surface area (Å²) >= 11 is 0. The lowest BCUT2D eigenvalue weighted by atomic mass is 10.2. The molecule has 0 aliphatic heterocycles. The summed E-state index contributed by atoms with van der Waals surface area (Å²) < 4.78 is 5.93. The van der Waals surface area contributed by atoms with E-state index in [4.69, 9.17) is 4.74 Å². The van der Waals surface area contributed by atoms with Gasteiger partial charge in [0.15, 0.2) is 0 Å². The predicted molar refractivity (Wildman–Crippen MR) is 74.4 cm³/mol. The molecule has 0 heterocycles. The van der Waals surface area contributed by atoms with E-state index in [-0.39, 0.29) is 6.10 Å². The molecular formula is C15H23NO. The first kappa shape index (κ1) is 13.8. The second kappa shape index (κ2) is 7.91. The Morgan fingerprint density at radius 1 is 1.35 bits per heavy atom. The summed E-state index contributed by atoms with van der Waals surface area (Å²) in [5, 5.41) is 3.36. The van der Waals surface area contributed by atoms with E-state index in [0.717, 1.165) is 30.8 Å². The Hall–Kier alpha value is -1.28. The molecule has 1 rings (SSSR count). The average Bonchev–Trinajstić information content (AvgIpc) is 2.32. The van der Waals surface area contributed by atoms with Crippen LogP contribution in [-0.4, -0.2) is 19.2 Å². The van der Waals surface area contributed by atoms with Crippen molar-refractivity contribution in [1.82, 2.24) is 5.32 Å². The van der Waals surface area contributed by atoms with E-state index in [0.29, 0.717) is 0 Å². The number of ether oxygens (including phenoxy) is 1. The Kier molecular flexibility index (Phi) is 6.41. The lowest BCUT2D eigenvalue weighted by Gasteiger charge is -2.16. The lowest BCUT2D eigenvalue weighted by molar-refractivity contribution is 0.217. The largest absolute Gasteiger partial charge is 0.489 e. The van der Waals surface area contributed by atoms with Crippen LogP contribution in [0.5, 0.6) is 5.75 Å². The second-order valence-corrected chi connectivity index (χ2v) is 4.17. The molecule has 0 saturated carbocycles. The Labute approximate surface area is 105 Å². The Balaban J connectivity index is 2.55. The van der Waals surface area contributed by atoms with Crippen molar-refractivity contribution in [2.24, 2.45) is 0 Å². The highest BCUT2D eigenvalue weighted by molar-refractivity contribution is 5.56. The molecule has 0 fully saturated rings. The van der Waals surface area contributed by atoms with Crippen molar-refractivity contribution in [3.05, 3.63) is 35.9 Å². The van der Waals surface area contributed by atoms with Gasteiger partial charge in [0.2, 0.25) is 0 Å². The standard InChI is InChI=1S/C15H23NO/c1-4-8-14-9-6-7-10-15(14)17-13(3)12-16-11-5-2/h4,6-10,13,16H,5,11-12H2,1-3H3. The van der Waals surface area contributed by atoms with Crippen molar-refractivity contribution >= 4 is 6.08 Å². The number of rotatable bonds is 7. The first-order valence-electron chi connectivity index (χ1n) is 6.37. The number of hydrogen-bond acceptors (Lipinski definition) is 2. The molecular weight excluding hydrogens is 210 g/mol. The van der Waals surface area contributed by atoms with Gasteiger partial charge in [0.1, 0.15) is 11.9 Å². The normalized spacial score (nSPS) is 12.9. The molecule has 17 heavy (non-hydrogen) atoms. The van der Waals surface area contributed by atoms with Gasteiger partial charge in [-0.3, -0.25) is 0 Å². The molecule has 94 valence electrons. The van der Waals surface area contributed by atoms with E-state index in [9.17, 15) is 0 Å². The SMILES string of the molecule is CC=Cc1ccccc1OC(C)CNCCC. The highest BCUT2D eigenvalue weighted by Crippen LogP contribution is 2.20. The average molecular weight is 233 g/mol. The van der Waals surface area contributed by atoms with Gasteiger partial charge in [0, 0.05) is 12.1 Å². The monoisotopic (exact) mass is 233 g/mol. The molecule has 0 bridgehead atoms. The van der Waals surface area contributed by atoms with Crippen LogP contribution in [0.2, 0.25) is 0 Å². The zero-order chi connectivity index (χ0) is 12.5. The van der Waals surface area contributed by atoms with E-state index < -0.39 is 0 Å². The van der Waals surface area contributed by atoms with Crippen LogP contribution >= 0.6 is 0 Å². The van der Waals surface area contributed by atoms with Gasteiger partial charge in [-0.05, 0) is 32.9 Å². The lowest BCUT2D eigenvalue weighted by Crippen LogP contribution is -2.29. The van der Waals surface area contributed by atoms with E-state index in [1.54, 1.807) is 0 Å². The summed E-state index contributed by atoms with van der Waals surface area (Å²) in [6.07, 6.45) is 5.44. The van der Waals surface area contributed by atoms with Crippen LogP contribution in [0.25, 0.3) is 6.08 Å². The van der Waals surface area contributed by atoms with E-state index in [1.165, 1.54) is 0 Å². The smallest absolute Gasteiger partial charge is 0.126 e. The zero-order valence-corrected chi connectivity index (χ0v) is 11.1. The van der Waals surface area contributed by atoms with Crippen molar-refractivity contribution < 1.29 is 4.74 Å². The topological polar surface area (TPSA) is 21.3 Å². The van der Waals surface area contributed by atoms with Gasteiger partial charge in [0.25, 0.3) is 0 Å². The number of para-hydroxylation sites is 1. The Morgan fingerprint density at radius 3 is 2.82 bits per heavy atom. The number of hydrogen-bond donors (Lipinski definition) is 1. The summed E-state index contributed by atoms with van der Waals surface area (Å²) in [7, 11) is 0. The Bertz CT molecular complexity index is 347. The maximum Gasteiger partial charge on any atom is 0.126 e. The molecule has 0 radical (unpaired) electrons. The molecule has 2 nitrogen and oxygen atoms in total. The summed E-state index contributed by atoms with van der Waals surface area (Å²) in [5.74, 6) is 0.955. The highest BCUT2D eigenvalue weighted by atomic mass is 16.5.